The molecule has 1 fully saturated rings. The van der Waals surface area contributed by atoms with Crippen LogP contribution in [0.25, 0.3) is 33.2 Å². The van der Waals surface area contributed by atoms with Crippen LogP contribution in [0.5, 0.6) is 0 Å². The van der Waals surface area contributed by atoms with Crippen molar-refractivity contribution in [1.29, 1.82) is 5.26 Å². The van der Waals surface area contributed by atoms with Gasteiger partial charge in [0, 0.05) is 22.4 Å². The molecule has 0 N–H and O–H groups in total. The Labute approximate surface area is 164 Å². The smallest absolute Gasteiger partial charge is 0.216 e. The fourth-order valence-corrected chi connectivity index (χ4v) is 4.76. The molecule has 2 aromatic heterocycles. The molecule has 0 bridgehead atoms. The summed E-state index contributed by atoms with van der Waals surface area (Å²) in [6.45, 7) is 2.12. The van der Waals surface area contributed by atoms with Crippen molar-refractivity contribution in [3.8, 4) is 17.3 Å². The summed E-state index contributed by atoms with van der Waals surface area (Å²) in [4.78, 5) is 0. The molecular formula is C25H23N2O+. The number of nitriles is 1. The summed E-state index contributed by atoms with van der Waals surface area (Å²) in [7, 11) is 2.12. The average Bonchev–Trinajstić information content (AvgIpc) is 3.36. The number of aryl methyl sites for hydroxylation is 2. The molecule has 3 heteroatoms. The molecule has 3 nitrogen and oxygen atoms in total. The highest BCUT2D eigenvalue weighted by Crippen LogP contribution is 2.39. The second kappa shape index (κ2) is 6.49. The Kier molecular flexibility index (Phi) is 3.94. The normalized spacial score (nSPS) is 14.8. The highest BCUT2D eigenvalue weighted by molar-refractivity contribution is 6.10. The summed E-state index contributed by atoms with van der Waals surface area (Å²) in [5, 5.41) is 11.5. The number of hydrogen-bond donors (Lipinski definition) is 0. The fourth-order valence-electron chi connectivity index (χ4n) is 4.76. The van der Waals surface area contributed by atoms with Crippen LogP contribution < -0.4 is 4.57 Å². The maximum atomic E-state index is 9.47. The number of rotatable bonds is 2. The van der Waals surface area contributed by atoms with Crippen LogP contribution >= 0.6 is 0 Å². The topological polar surface area (TPSA) is 40.8 Å². The lowest BCUT2D eigenvalue weighted by Gasteiger charge is -2.10. The number of benzene rings is 2. The molecule has 0 amide bonds. The predicted octanol–water partition coefficient (Wildman–Crippen LogP) is 5.92. The second-order valence-corrected chi connectivity index (χ2v) is 7.97. The summed E-state index contributed by atoms with van der Waals surface area (Å²) >= 11 is 0. The van der Waals surface area contributed by atoms with E-state index >= 15 is 0 Å². The Balaban J connectivity index is 1.74. The minimum atomic E-state index is 0.582. The molecule has 0 radical (unpaired) electrons. The Morgan fingerprint density at radius 1 is 1.00 bits per heavy atom. The van der Waals surface area contributed by atoms with E-state index in [0.29, 0.717) is 17.1 Å². The maximum absolute atomic E-state index is 9.47. The zero-order valence-corrected chi connectivity index (χ0v) is 16.3. The first kappa shape index (κ1) is 17.0. The van der Waals surface area contributed by atoms with Crippen molar-refractivity contribution in [1.82, 2.24) is 0 Å². The van der Waals surface area contributed by atoms with Gasteiger partial charge in [-0.1, -0.05) is 37.1 Å². The minimum absolute atomic E-state index is 0.582. The monoisotopic (exact) mass is 367 g/mol. The third-order valence-electron chi connectivity index (χ3n) is 6.23. The summed E-state index contributed by atoms with van der Waals surface area (Å²) in [6.07, 6.45) is 7.57. The van der Waals surface area contributed by atoms with E-state index in [1.54, 1.807) is 0 Å². The molecule has 2 heterocycles. The van der Waals surface area contributed by atoms with E-state index in [1.807, 2.05) is 18.2 Å². The van der Waals surface area contributed by atoms with E-state index in [1.165, 1.54) is 36.8 Å². The van der Waals surface area contributed by atoms with Crippen molar-refractivity contribution < 1.29 is 8.98 Å². The van der Waals surface area contributed by atoms with E-state index in [4.69, 9.17) is 4.42 Å². The van der Waals surface area contributed by atoms with Gasteiger partial charge in [-0.3, -0.25) is 0 Å². The van der Waals surface area contributed by atoms with Crippen LogP contribution in [-0.2, 0) is 7.05 Å². The largest absolute Gasteiger partial charge is 0.454 e. The number of pyridine rings is 1. The first-order chi connectivity index (χ1) is 13.7. The van der Waals surface area contributed by atoms with Crippen molar-refractivity contribution in [2.24, 2.45) is 7.05 Å². The summed E-state index contributed by atoms with van der Waals surface area (Å²) < 4.78 is 8.52. The van der Waals surface area contributed by atoms with Crippen LogP contribution in [0, 0.1) is 18.3 Å². The highest BCUT2D eigenvalue weighted by Gasteiger charge is 2.24. The third kappa shape index (κ3) is 2.52. The quantitative estimate of drug-likeness (QED) is 0.413. The lowest BCUT2D eigenvalue weighted by molar-refractivity contribution is -0.660. The zero-order chi connectivity index (χ0) is 19.3. The van der Waals surface area contributed by atoms with Gasteiger partial charge in [0.2, 0.25) is 5.69 Å². The SMILES string of the molecule is Cc1ccc2c(oc3c(C#N)cccc32)c1-c1ccc(C2CCCC2)c[n+]1C. The molecule has 0 saturated heterocycles. The summed E-state index contributed by atoms with van der Waals surface area (Å²) in [5.74, 6) is 0.696. The molecule has 1 aliphatic rings. The Bertz CT molecular complexity index is 1250. The van der Waals surface area contributed by atoms with Gasteiger partial charge in [-0.2, -0.15) is 5.26 Å². The van der Waals surface area contributed by atoms with Gasteiger partial charge >= 0.3 is 0 Å². The molecule has 2 aromatic carbocycles. The molecule has 4 aromatic rings. The average molecular weight is 367 g/mol. The van der Waals surface area contributed by atoms with Crippen molar-refractivity contribution in [3.05, 3.63) is 65.4 Å². The van der Waals surface area contributed by atoms with Gasteiger partial charge in [0.15, 0.2) is 11.8 Å². The van der Waals surface area contributed by atoms with Gasteiger partial charge in [0.1, 0.15) is 18.7 Å². The van der Waals surface area contributed by atoms with E-state index in [2.05, 4.69) is 55.1 Å². The Hall–Kier alpha value is -3.12. The number of para-hydroxylation sites is 1. The zero-order valence-electron chi connectivity index (χ0n) is 16.3. The Morgan fingerprint density at radius 2 is 1.79 bits per heavy atom. The van der Waals surface area contributed by atoms with Crippen molar-refractivity contribution in [2.45, 2.75) is 38.5 Å². The van der Waals surface area contributed by atoms with Crippen molar-refractivity contribution >= 4 is 21.9 Å². The number of aromatic nitrogens is 1. The number of hydrogen-bond acceptors (Lipinski definition) is 2. The van der Waals surface area contributed by atoms with E-state index < -0.39 is 0 Å². The van der Waals surface area contributed by atoms with E-state index in [0.717, 1.165) is 27.6 Å². The molecule has 0 unspecified atom stereocenters. The first-order valence-electron chi connectivity index (χ1n) is 10.0. The number of nitrogens with zero attached hydrogens (tertiary/aromatic N) is 2. The van der Waals surface area contributed by atoms with Crippen LogP contribution in [0.15, 0.2) is 53.1 Å². The molecule has 138 valence electrons. The number of furan rings is 1. The van der Waals surface area contributed by atoms with Gasteiger partial charge in [-0.15, -0.1) is 0 Å². The Morgan fingerprint density at radius 3 is 2.54 bits per heavy atom. The van der Waals surface area contributed by atoms with Crippen LogP contribution in [-0.4, -0.2) is 0 Å². The third-order valence-corrected chi connectivity index (χ3v) is 6.23. The van der Waals surface area contributed by atoms with Crippen LogP contribution in [0.4, 0.5) is 0 Å². The molecule has 1 aliphatic carbocycles. The van der Waals surface area contributed by atoms with Gasteiger partial charge in [-0.05, 0) is 43.4 Å². The summed E-state index contributed by atoms with van der Waals surface area (Å²) in [6, 6.07) is 16.8. The fraction of sp³-hybridized carbons (Fsp3) is 0.280. The molecule has 1 saturated carbocycles. The van der Waals surface area contributed by atoms with Gasteiger partial charge in [0.25, 0.3) is 0 Å². The van der Waals surface area contributed by atoms with E-state index in [-0.39, 0.29) is 0 Å². The summed E-state index contributed by atoms with van der Waals surface area (Å²) in [5.41, 5.74) is 6.98. The van der Waals surface area contributed by atoms with Crippen LogP contribution in [0.2, 0.25) is 0 Å². The molecule has 0 spiro atoms. The first-order valence-corrected chi connectivity index (χ1v) is 10.0. The molecule has 0 aliphatic heterocycles. The van der Waals surface area contributed by atoms with Gasteiger partial charge in [0.05, 0.1) is 11.1 Å². The lowest BCUT2D eigenvalue weighted by Crippen LogP contribution is -2.31. The standard InChI is InChI=1S/C25H23N2O/c1-16-10-12-21-20-9-5-8-18(14-26)24(20)28-25(21)23(16)22-13-11-19(15-27(22)2)17-6-3-4-7-17/h5,8-13,15,17H,3-4,6-7H2,1-2H3/q+1. The van der Waals surface area contributed by atoms with Crippen molar-refractivity contribution in [2.75, 3.05) is 0 Å². The highest BCUT2D eigenvalue weighted by atomic mass is 16.3. The molecule has 0 atom stereocenters. The van der Waals surface area contributed by atoms with Crippen LogP contribution in [0.3, 0.4) is 0 Å². The lowest BCUT2D eigenvalue weighted by atomic mass is 9.96. The minimum Gasteiger partial charge on any atom is -0.454 e. The molecule has 28 heavy (non-hydrogen) atoms. The maximum Gasteiger partial charge on any atom is 0.216 e. The van der Waals surface area contributed by atoms with Crippen molar-refractivity contribution in [3.63, 3.8) is 0 Å². The van der Waals surface area contributed by atoms with Crippen LogP contribution in [0.1, 0.15) is 48.3 Å². The molecule has 5 rings (SSSR count). The van der Waals surface area contributed by atoms with E-state index in [9.17, 15) is 5.26 Å². The number of fused-ring (bicyclic) bond motifs is 3. The van der Waals surface area contributed by atoms with Gasteiger partial charge in [-0.25, -0.2) is 4.57 Å². The van der Waals surface area contributed by atoms with Gasteiger partial charge < -0.3 is 4.42 Å². The second-order valence-electron chi connectivity index (χ2n) is 7.97. The molecular weight excluding hydrogens is 344 g/mol. The predicted molar refractivity (Wildman–Crippen MR) is 111 cm³/mol.